The quantitative estimate of drug-likeness (QED) is 0.720. The second-order valence-corrected chi connectivity index (χ2v) is 7.68. The number of nitrogens with one attached hydrogen (secondary N) is 1. The number of rotatable bonds is 3. The van der Waals surface area contributed by atoms with Gasteiger partial charge in [0.15, 0.2) is 0 Å². The summed E-state index contributed by atoms with van der Waals surface area (Å²) in [6, 6.07) is 9.29. The van der Waals surface area contributed by atoms with Crippen LogP contribution in [0.4, 0.5) is 0 Å². The van der Waals surface area contributed by atoms with Gasteiger partial charge in [-0.3, -0.25) is 0 Å². The zero-order valence-electron chi connectivity index (χ0n) is 12.2. The van der Waals surface area contributed by atoms with E-state index in [1.807, 2.05) is 23.5 Å². The molecule has 0 saturated heterocycles. The van der Waals surface area contributed by atoms with Crippen LogP contribution >= 0.6 is 34.5 Å². The first-order chi connectivity index (χ1) is 10.1. The highest BCUT2D eigenvalue weighted by atomic mass is 35.5. The van der Waals surface area contributed by atoms with Crippen molar-refractivity contribution in [3.8, 4) is 0 Å². The summed E-state index contributed by atoms with van der Waals surface area (Å²) in [4.78, 5) is 1.47. The van der Waals surface area contributed by atoms with Gasteiger partial charge < -0.3 is 5.32 Å². The van der Waals surface area contributed by atoms with Crippen molar-refractivity contribution < 1.29 is 0 Å². The second-order valence-electron chi connectivity index (χ2n) is 5.92. The van der Waals surface area contributed by atoms with E-state index in [9.17, 15) is 0 Å². The first-order valence-electron chi connectivity index (χ1n) is 7.34. The average molecular weight is 340 g/mol. The lowest BCUT2D eigenvalue weighted by atomic mass is 9.82. The lowest BCUT2D eigenvalue weighted by Crippen LogP contribution is -2.31. The highest BCUT2D eigenvalue weighted by molar-refractivity contribution is 7.10. The number of hydrogen-bond acceptors (Lipinski definition) is 2. The summed E-state index contributed by atoms with van der Waals surface area (Å²) in [5.41, 5.74) is 2.73. The molecule has 0 spiro atoms. The maximum Gasteiger partial charge on any atom is 0.0595 e. The van der Waals surface area contributed by atoms with Crippen molar-refractivity contribution in [2.24, 2.45) is 0 Å². The van der Waals surface area contributed by atoms with Crippen molar-refractivity contribution in [1.29, 1.82) is 0 Å². The van der Waals surface area contributed by atoms with Gasteiger partial charge in [-0.1, -0.05) is 43.1 Å². The Morgan fingerprint density at radius 1 is 1.14 bits per heavy atom. The SMILES string of the molecule is CC(C)NC1CCC(c2ccc(Cl)c(Cl)c2)c2sccc21. The van der Waals surface area contributed by atoms with Crippen molar-refractivity contribution in [2.45, 2.75) is 44.7 Å². The van der Waals surface area contributed by atoms with Gasteiger partial charge in [0.1, 0.15) is 0 Å². The molecule has 0 fully saturated rings. The first kappa shape index (κ1) is 15.4. The molecule has 1 aliphatic rings. The number of thiophene rings is 1. The number of halogens is 2. The summed E-state index contributed by atoms with van der Waals surface area (Å²) in [6.45, 7) is 4.41. The van der Waals surface area contributed by atoms with E-state index in [0.717, 1.165) is 12.8 Å². The van der Waals surface area contributed by atoms with E-state index in [0.29, 0.717) is 28.0 Å². The molecule has 1 aromatic carbocycles. The van der Waals surface area contributed by atoms with Gasteiger partial charge in [0.05, 0.1) is 10.0 Å². The van der Waals surface area contributed by atoms with Crippen LogP contribution in [-0.2, 0) is 0 Å². The summed E-state index contributed by atoms with van der Waals surface area (Å²) in [5, 5.41) is 7.15. The minimum Gasteiger partial charge on any atom is -0.308 e. The van der Waals surface area contributed by atoms with E-state index in [1.54, 1.807) is 0 Å². The van der Waals surface area contributed by atoms with Crippen LogP contribution in [-0.4, -0.2) is 6.04 Å². The molecular weight excluding hydrogens is 321 g/mol. The molecule has 2 aromatic rings. The first-order valence-corrected chi connectivity index (χ1v) is 8.98. The second kappa shape index (κ2) is 6.29. The lowest BCUT2D eigenvalue weighted by molar-refractivity contribution is 0.413. The Hall–Kier alpha value is -0.540. The molecule has 1 N–H and O–H groups in total. The van der Waals surface area contributed by atoms with Crippen molar-refractivity contribution in [1.82, 2.24) is 5.32 Å². The Labute approximate surface area is 140 Å². The number of fused-ring (bicyclic) bond motifs is 1. The summed E-state index contributed by atoms with van der Waals surface area (Å²) >= 11 is 14.1. The van der Waals surface area contributed by atoms with E-state index in [2.05, 4.69) is 36.7 Å². The summed E-state index contributed by atoms with van der Waals surface area (Å²) in [5.74, 6) is 0.444. The van der Waals surface area contributed by atoms with Gasteiger partial charge in [0, 0.05) is 22.9 Å². The van der Waals surface area contributed by atoms with Crippen LogP contribution in [0.1, 0.15) is 54.7 Å². The fourth-order valence-electron chi connectivity index (χ4n) is 3.14. The third-order valence-electron chi connectivity index (χ3n) is 4.04. The van der Waals surface area contributed by atoms with E-state index >= 15 is 0 Å². The van der Waals surface area contributed by atoms with Gasteiger partial charge in [-0.25, -0.2) is 0 Å². The predicted molar refractivity (Wildman–Crippen MR) is 92.9 cm³/mol. The Kier molecular flexibility index (Phi) is 4.60. The van der Waals surface area contributed by atoms with E-state index in [-0.39, 0.29) is 0 Å². The molecule has 1 heterocycles. The third-order valence-corrected chi connectivity index (χ3v) is 5.83. The minimum absolute atomic E-state index is 0.444. The average Bonchev–Trinajstić information content (AvgIpc) is 2.91. The van der Waals surface area contributed by atoms with Gasteiger partial charge >= 0.3 is 0 Å². The zero-order valence-corrected chi connectivity index (χ0v) is 14.5. The van der Waals surface area contributed by atoms with Gasteiger partial charge in [0.2, 0.25) is 0 Å². The number of hydrogen-bond donors (Lipinski definition) is 1. The largest absolute Gasteiger partial charge is 0.308 e. The molecular formula is C17H19Cl2NS. The summed E-state index contributed by atoms with van der Waals surface area (Å²) < 4.78 is 0. The van der Waals surface area contributed by atoms with Crippen LogP contribution in [0.5, 0.6) is 0 Å². The molecule has 4 heteroatoms. The zero-order chi connectivity index (χ0) is 15.0. The molecule has 0 bridgehead atoms. The molecule has 3 rings (SSSR count). The lowest BCUT2D eigenvalue weighted by Gasteiger charge is -2.31. The van der Waals surface area contributed by atoms with Crippen LogP contribution in [0.15, 0.2) is 29.6 Å². The molecule has 1 nitrogen and oxygen atoms in total. The normalized spacial score (nSPS) is 21.6. The monoisotopic (exact) mass is 339 g/mol. The smallest absolute Gasteiger partial charge is 0.0595 e. The van der Waals surface area contributed by atoms with E-state index < -0.39 is 0 Å². The van der Waals surface area contributed by atoms with Crippen LogP contribution in [0.2, 0.25) is 10.0 Å². The van der Waals surface area contributed by atoms with Crippen LogP contribution in [0.3, 0.4) is 0 Å². The standard InChI is InChI=1S/C17H19Cl2NS/c1-10(2)20-16-6-4-12(17-13(16)7-8-21-17)11-3-5-14(18)15(19)9-11/h3,5,7-10,12,16,20H,4,6H2,1-2H3. The Balaban J connectivity index is 1.93. The van der Waals surface area contributed by atoms with Crippen molar-refractivity contribution in [2.75, 3.05) is 0 Å². The summed E-state index contributed by atoms with van der Waals surface area (Å²) in [7, 11) is 0. The van der Waals surface area contributed by atoms with Crippen molar-refractivity contribution in [3.63, 3.8) is 0 Å². The maximum atomic E-state index is 6.19. The molecule has 1 aliphatic carbocycles. The Bertz CT molecular complexity index is 635. The van der Waals surface area contributed by atoms with Gasteiger partial charge in [0.25, 0.3) is 0 Å². The topological polar surface area (TPSA) is 12.0 Å². The van der Waals surface area contributed by atoms with Gasteiger partial charge in [-0.2, -0.15) is 0 Å². The van der Waals surface area contributed by atoms with Crippen molar-refractivity contribution >= 4 is 34.5 Å². The highest BCUT2D eigenvalue weighted by Gasteiger charge is 2.29. The Morgan fingerprint density at radius 2 is 1.95 bits per heavy atom. The molecule has 2 unspecified atom stereocenters. The minimum atomic E-state index is 0.444. The number of benzene rings is 1. The van der Waals surface area contributed by atoms with Crippen LogP contribution in [0, 0.1) is 0 Å². The van der Waals surface area contributed by atoms with Crippen molar-refractivity contribution in [3.05, 3.63) is 55.7 Å². The molecule has 0 saturated carbocycles. The maximum absolute atomic E-state index is 6.19. The highest BCUT2D eigenvalue weighted by Crippen LogP contribution is 2.45. The van der Waals surface area contributed by atoms with Gasteiger partial charge in [-0.15, -0.1) is 11.3 Å². The fourth-order valence-corrected chi connectivity index (χ4v) is 4.58. The molecule has 0 amide bonds. The molecule has 1 aromatic heterocycles. The predicted octanol–water partition coefficient (Wildman–Crippen LogP) is 6.02. The Morgan fingerprint density at radius 3 is 2.67 bits per heavy atom. The van der Waals surface area contributed by atoms with E-state index in [4.69, 9.17) is 23.2 Å². The summed E-state index contributed by atoms with van der Waals surface area (Å²) in [6.07, 6.45) is 2.31. The van der Waals surface area contributed by atoms with Crippen LogP contribution < -0.4 is 5.32 Å². The van der Waals surface area contributed by atoms with E-state index in [1.165, 1.54) is 16.0 Å². The molecule has 0 aliphatic heterocycles. The molecule has 2 atom stereocenters. The molecule has 21 heavy (non-hydrogen) atoms. The third kappa shape index (κ3) is 3.14. The fraction of sp³-hybridized carbons (Fsp3) is 0.412. The molecule has 112 valence electrons. The van der Waals surface area contributed by atoms with Gasteiger partial charge in [-0.05, 0) is 47.5 Å². The molecule has 0 radical (unpaired) electrons. The van der Waals surface area contributed by atoms with Crippen LogP contribution in [0.25, 0.3) is 0 Å².